The zero-order valence-corrected chi connectivity index (χ0v) is 19.1. The second kappa shape index (κ2) is 10.4. The number of halogens is 2. The summed E-state index contributed by atoms with van der Waals surface area (Å²) in [6.07, 6.45) is -0.568. The van der Waals surface area contributed by atoms with Crippen LogP contribution in [0.25, 0.3) is 0 Å². The Morgan fingerprint density at radius 3 is 2.21 bits per heavy atom. The van der Waals surface area contributed by atoms with Gasteiger partial charge in [0.05, 0.1) is 17.9 Å². The number of rotatable bonds is 9. The summed E-state index contributed by atoms with van der Waals surface area (Å²) in [5.41, 5.74) is 1.44. The van der Waals surface area contributed by atoms with Crippen LogP contribution >= 0.6 is 0 Å². The van der Waals surface area contributed by atoms with Crippen molar-refractivity contribution in [3.63, 3.8) is 0 Å². The SMILES string of the molecule is CN(C)c1ccc(CNC(=O)Cc2c(F)ccc(NS(=O)(=O)Cc3ccccc3)c2F)cc1. The topological polar surface area (TPSA) is 78.5 Å². The Morgan fingerprint density at radius 2 is 1.58 bits per heavy atom. The fraction of sp³-hybridized carbons (Fsp3) is 0.208. The molecule has 0 unspecified atom stereocenters. The van der Waals surface area contributed by atoms with Crippen LogP contribution in [0.5, 0.6) is 0 Å². The molecule has 0 bridgehead atoms. The highest BCUT2D eigenvalue weighted by Crippen LogP contribution is 2.23. The van der Waals surface area contributed by atoms with Gasteiger partial charge in [-0.1, -0.05) is 42.5 Å². The quantitative estimate of drug-likeness (QED) is 0.495. The molecule has 0 radical (unpaired) electrons. The van der Waals surface area contributed by atoms with E-state index in [1.165, 1.54) is 0 Å². The number of nitrogens with zero attached hydrogens (tertiary/aromatic N) is 1. The van der Waals surface area contributed by atoms with E-state index in [1.807, 2.05) is 43.3 Å². The molecule has 0 saturated carbocycles. The molecule has 6 nitrogen and oxygen atoms in total. The van der Waals surface area contributed by atoms with Gasteiger partial charge in [0.15, 0.2) is 5.82 Å². The molecule has 0 heterocycles. The molecule has 0 spiro atoms. The highest BCUT2D eigenvalue weighted by atomic mass is 32.2. The number of hydrogen-bond acceptors (Lipinski definition) is 4. The number of sulfonamides is 1. The van der Waals surface area contributed by atoms with E-state index in [0.717, 1.165) is 23.4 Å². The lowest BCUT2D eigenvalue weighted by Gasteiger charge is -2.14. The van der Waals surface area contributed by atoms with E-state index < -0.39 is 45.2 Å². The molecular weight excluding hydrogens is 448 g/mol. The molecule has 1 amide bonds. The molecule has 0 aromatic heterocycles. The fourth-order valence-corrected chi connectivity index (χ4v) is 4.37. The van der Waals surface area contributed by atoms with Crippen LogP contribution in [0.15, 0.2) is 66.7 Å². The minimum Gasteiger partial charge on any atom is -0.378 e. The van der Waals surface area contributed by atoms with Crippen LogP contribution in [0.2, 0.25) is 0 Å². The van der Waals surface area contributed by atoms with E-state index in [1.54, 1.807) is 30.3 Å². The molecule has 2 N–H and O–H groups in total. The van der Waals surface area contributed by atoms with Crippen LogP contribution in [-0.4, -0.2) is 28.4 Å². The van der Waals surface area contributed by atoms with Crippen LogP contribution in [0.1, 0.15) is 16.7 Å². The number of hydrogen-bond donors (Lipinski definition) is 2. The lowest BCUT2D eigenvalue weighted by molar-refractivity contribution is -0.120. The van der Waals surface area contributed by atoms with Crippen molar-refractivity contribution < 1.29 is 22.0 Å². The maximum atomic E-state index is 14.9. The summed E-state index contributed by atoms with van der Waals surface area (Å²) in [5, 5.41) is 2.63. The molecule has 3 rings (SSSR count). The van der Waals surface area contributed by atoms with E-state index in [9.17, 15) is 22.0 Å². The Morgan fingerprint density at radius 1 is 0.909 bits per heavy atom. The summed E-state index contributed by atoms with van der Waals surface area (Å²) < 4.78 is 56.1. The number of amides is 1. The predicted octanol–water partition coefficient (Wildman–Crippen LogP) is 3.83. The van der Waals surface area contributed by atoms with Crippen molar-refractivity contribution in [3.8, 4) is 0 Å². The zero-order chi connectivity index (χ0) is 24.0. The van der Waals surface area contributed by atoms with Gasteiger partial charge in [-0.15, -0.1) is 0 Å². The van der Waals surface area contributed by atoms with Crippen molar-refractivity contribution in [2.75, 3.05) is 23.7 Å². The van der Waals surface area contributed by atoms with Gasteiger partial charge in [0.1, 0.15) is 5.82 Å². The summed E-state index contributed by atoms with van der Waals surface area (Å²) in [4.78, 5) is 14.3. The molecule has 0 aliphatic carbocycles. The molecule has 33 heavy (non-hydrogen) atoms. The van der Waals surface area contributed by atoms with E-state index >= 15 is 0 Å². The minimum atomic E-state index is -3.94. The lowest BCUT2D eigenvalue weighted by atomic mass is 10.1. The van der Waals surface area contributed by atoms with E-state index in [0.29, 0.717) is 5.56 Å². The standard InChI is InChI=1S/C24H25F2N3O3S/c1-29(2)19-10-8-17(9-11-19)15-27-23(30)14-20-21(25)12-13-22(24(20)26)28-33(31,32)16-18-6-4-3-5-7-18/h3-13,28H,14-16H2,1-2H3,(H,27,30). The number of nitrogens with one attached hydrogen (secondary N) is 2. The Kier molecular flexibility index (Phi) is 7.65. The van der Waals surface area contributed by atoms with Gasteiger partial charge >= 0.3 is 0 Å². The average molecular weight is 474 g/mol. The van der Waals surface area contributed by atoms with E-state index in [2.05, 4.69) is 10.0 Å². The summed E-state index contributed by atoms with van der Waals surface area (Å²) in [5.74, 6) is -3.00. The average Bonchev–Trinajstić information content (AvgIpc) is 2.78. The maximum Gasteiger partial charge on any atom is 0.237 e. The van der Waals surface area contributed by atoms with Crippen molar-refractivity contribution in [3.05, 3.63) is 95.1 Å². The molecule has 3 aromatic rings. The molecule has 0 fully saturated rings. The van der Waals surface area contributed by atoms with Crippen LogP contribution in [-0.2, 0) is 33.5 Å². The van der Waals surface area contributed by atoms with Gasteiger partial charge in [0.2, 0.25) is 15.9 Å². The third kappa shape index (κ3) is 6.76. The van der Waals surface area contributed by atoms with Gasteiger partial charge in [-0.2, -0.15) is 0 Å². The van der Waals surface area contributed by atoms with Gasteiger partial charge in [0, 0.05) is 31.9 Å². The molecule has 9 heteroatoms. The maximum absolute atomic E-state index is 14.9. The summed E-state index contributed by atoms with van der Waals surface area (Å²) in [6.45, 7) is 0.194. The number of benzene rings is 3. The normalized spacial score (nSPS) is 11.2. The van der Waals surface area contributed by atoms with E-state index in [-0.39, 0.29) is 12.3 Å². The number of anilines is 2. The van der Waals surface area contributed by atoms with Crippen LogP contribution < -0.4 is 14.9 Å². The van der Waals surface area contributed by atoms with Gasteiger partial charge in [-0.05, 0) is 35.4 Å². The summed E-state index contributed by atoms with van der Waals surface area (Å²) >= 11 is 0. The fourth-order valence-electron chi connectivity index (χ4n) is 3.17. The zero-order valence-electron chi connectivity index (χ0n) is 18.3. The van der Waals surface area contributed by atoms with Crippen LogP contribution in [0, 0.1) is 11.6 Å². The van der Waals surface area contributed by atoms with E-state index in [4.69, 9.17) is 0 Å². The lowest BCUT2D eigenvalue weighted by Crippen LogP contribution is -2.26. The summed E-state index contributed by atoms with van der Waals surface area (Å²) in [7, 11) is -0.116. The van der Waals surface area contributed by atoms with Gasteiger partial charge in [-0.25, -0.2) is 17.2 Å². The first-order chi connectivity index (χ1) is 15.6. The molecule has 0 saturated heterocycles. The second-order valence-corrected chi connectivity index (χ2v) is 9.47. The van der Waals surface area contributed by atoms with Crippen molar-refractivity contribution in [1.29, 1.82) is 0 Å². The second-order valence-electron chi connectivity index (χ2n) is 7.75. The third-order valence-corrected chi connectivity index (χ3v) is 6.18. The largest absolute Gasteiger partial charge is 0.378 e. The first-order valence-corrected chi connectivity index (χ1v) is 11.8. The van der Waals surface area contributed by atoms with Gasteiger partial charge in [-0.3, -0.25) is 9.52 Å². The number of carbonyl (C=O) groups is 1. The highest BCUT2D eigenvalue weighted by molar-refractivity contribution is 7.91. The Bertz CT molecular complexity index is 1220. The molecule has 3 aromatic carbocycles. The minimum absolute atomic E-state index is 0.194. The van der Waals surface area contributed by atoms with Crippen molar-refractivity contribution in [2.24, 2.45) is 0 Å². The van der Waals surface area contributed by atoms with Crippen molar-refractivity contribution in [1.82, 2.24) is 5.32 Å². The van der Waals surface area contributed by atoms with Crippen LogP contribution in [0.3, 0.4) is 0 Å². The smallest absolute Gasteiger partial charge is 0.237 e. The summed E-state index contributed by atoms with van der Waals surface area (Å²) in [6, 6.07) is 17.8. The predicted molar refractivity (Wildman–Crippen MR) is 125 cm³/mol. The third-order valence-electron chi connectivity index (χ3n) is 4.93. The van der Waals surface area contributed by atoms with Crippen molar-refractivity contribution in [2.45, 2.75) is 18.7 Å². The van der Waals surface area contributed by atoms with Gasteiger partial charge < -0.3 is 10.2 Å². The number of carbonyl (C=O) groups excluding carboxylic acids is 1. The molecule has 0 aliphatic heterocycles. The monoisotopic (exact) mass is 473 g/mol. The molecular formula is C24H25F2N3O3S. The molecule has 0 aliphatic rings. The first-order valence-electron chi connectivity index (χ1n) is 10.2. The highest BCUT2D eigenvalue weighted by Gasteiger charge is 2.20. The Balaban J connectivity index is 1.67. The molecule has 0 atom stereocenters. The Hall–Kier alpha value is -3.46. The first kappa shape index (κ1) is 24.2. The Labute approximate surface area is 192 Å². The van der Waals surface area contributed by atoms with Crippen molar-refractivity contribution >= 4 is 27.3 Å². The molecule has 174 valence electrons. The van der Waals surface area contributed by atoms with Crippen LogP contribution in [0.4, 0.5) is 20.2 Å². The van der Waals surface area contributed by atoms with Gasteiger partial charge in [0.25, 0.3) is 0 Å².